The molecular formula is C14H16O2. The summed E-state index contributed by atoms with van der Waals surface area (Å²) in [6, 6.07) is 8.06. The molecule has 1 atom stereocenters. The zero-order valence-corrected chi connectivity index (χ0v) is 9.69. The molecule has 0 unspecified atom stereocenters. The Bertz CT molecular complexity index is 432. The van der Waals surface area contributed by atoms with Gasteiger partial charge in [-0.3, -0.25) is 0 Å². The zero-order valence-electron chi connectivity index (χ0n) is 9.69. The fraction of sp³-hybridized carbons (Fsp3) is 0.357. The highest BCUT2D eigenvalue weighted by molar-refractivity contribution is 6.17. The average molecular weight is 216 g/mol. The van der Waals surface area contributed by atoms with Gasteiger partial charge < -0.3 is 4.74 Å². The molecule has 1 aromatic carbocycles. The van der Waals surface area contributed by atoms with Crippen LogP contribution in [0.3, 0.4) is 0 Å². The number of carbonyl (C=O) groups excluding carboxylic acids is 1. The molecule has 0 spiro atoms. The highest BCUT2D eigenvalue weighted by Gasteiger charge is 2.22. The second-order valence-corrected chi connectivity index (χ2v) is 4.06. The van der Waals surface area contributed by atoms with E-state index in [1.165, 1.54) is 5.56 Å². The smallest absolute Gasteiger partial charge is 0.338 e. The number of hydrogen-bond donors (Lipinski definition) is 0. The van der Waals surface area contributed by atoms with Gasteiger partial charge in [-0.1, -0.05) is 37.3 Å². The molecule has 0 radical (unpaired) electrons. The molecular weight excluding hydrogens is 200 g/mol. The summed E-state index contributed by atoms with van der Waals surface area (Å²) in [5, 5.41) is 0. The molecule has 1 aromatic rings. The van der Waals surface area contributed by atoms with Crippen LogP contribution in [0.5, 0.6) is 0 Å². The Morgan fingerprint density at radius 1 is 1.44 bits per heavy atom. The molecule has 0 saturated heterocycles. The van der Waals surface area contributed by atoms with Crippen LogP contribution in [0.15, 0.2) is 30.3 Å². The molecule has 2 heteroatoms. The lowest BCUT2D eigenvalue weighted by atomic mass is 9.84. The lowest BCUT2D eigenvalue weighted by Gasteiger charge is -2.21. The highest BCUT2D eigenvalue weighted by atomic mass is 16.5. The van der Waals surface area contributed by atoms with Crippen molar-refractivity contribution in [3.63, 3.8) is 0 Å². The maximum absolute atomic E-state index is 11.8. The van der Waals surface area contributed by atoms with Crippen LogP contribution in [0.1, 0.15) is 37.3 Å². The van der Waals surface area contributed by atoms with Gasteiger partial charge in [0.1, 0.15) is 0 Å². The number of ether oxygens (including phenoxy) is 1. The third kappa shape index (κ3) is 1.87. The zero-order chi connectivity index (χ0) is 11.5. The first kappa shape index (κ1) is 10.9. The van der Waals surface area contributed by atoms with Gasteiger partial charge in [-0.15, -0.1) is 0 Å². The van der Waals surface area contributed by atoms with Crippen molar-refractivity contribution in [3.05, 3.63) is 41.5 Å². The maximum Gasteiger partial charge on any atom is 0.338 e. The standard InChI is InChI=1S/C14H16O2/c1-3-16-14(15)13-9-8-10(2)11-6-4-5-7-12(11)13/h4-7,9-10H,3,8H2,1-2H3/t10-/m1/s1. The third-order valence-corrected chi connectivity index (χ3v) is 2.95. The summed E-state index contributed by atoms with van der Waals surface area (Å²) in [5.74, 6) is 0.274. The van der Waals surface area contributed by atoms with Gasteiger partial charge in [0.25, 0.3) is 0 Å². The number of allylic oxidation sites excluding steroid dienone is 1. The maximum atomic E-state index is 11.8. The topological polar surface area (TPSA) is 26.3 Å². The van der Waals surface area contributed by atoms with Crippen LogP contribution < -0.4 is 0 Å². The third-order valence-electron chi connectivity index (χ3n) is 2.95. The number of esters is 1. The van der Waals surface area contributed by atoms with Crippen molar-refractivity contribution < 1.29 is 9.53 Å². The Labute approximate surface area is 95.9 Å². The van der Waals surface area contributed by atoms with E-state index in [-0.39, 0.29) is 5.97 Å². The van der Waals surface area contributed by atoms with Crippen LogP contribution in [0, 0.1) is 0 Å². The Hall–Kier alpha value is -1.57. The van der Waals surface area contributed by atoms with Crippen molar-refractivity contribution >= 4 is 11.5 Å². The molecule has 0 aromatic heterocycles. The minimum atomic E-state index is -0.207. The van der Waals surface area contributed by atoms with Crippen molar-refractivity contribution in [1.82, 2.24) is 0 Å². The van der Waals surface area contributed by atoms with E-state index in [1.807, 2.05) is 31.2 Å². The van der Waals surface area contributed by atoms with Gasteiger partial charge in [-0.05, 0) is 30.4 Å². The van der Waals surface area contributed by atoms with E-state index >= 15 is 0 Å². The summed E-state index contributed by atoms with van der Waals surface area (Å²) in [5.41, 5.74) is 2.99. The monoisotopic (exact) mass is 216 g/mol. The molecule has 1 aliphatic rings. The first-order valence-electron chi connectivity index (χ1n) is 5.70. The van der Waals surface area contributed by atoms with Gasteiger partial charge in [0.2, 0.25) is 0 Å². The summed E-state index contributed by atoms with van der Waals surface area (Å²) in [6.07, 6.45) is 2.90. The van der Waals surface area contributed by atoms with E-state index in [2.05, 4.69) is 13.0 Å². The van der Waals surface area contributed by atoms with Crippen LogP contribution in [0.2, 0.25) is 0 Å². The molecule has 2 rings (SSSR count). The molecule has 0 bridgehead atoms. The Morgan fingerprint density at radius 2 is 2.19 bits per heavy atom. The molecule has 0 saturated carbocycles. The predicted molar refractivity (Wildman–Crippen MR) is 64.1 cm³/mol. The van der Waals surface area contributed by atoms with Gasteiger partial charge in [0.05, 0.1) is 12.2 Å². The van der Waals surface area contributed by atoms with Crippen molar-refractivity contribution in [2.75, 3.05) is 6.61 Å². The molecule has 0 fully saturated rings. The van der Waals surface area contributed by atoms with Crippen LogP contribution in [0.4, 0.5) is 0 Å². The first-order valence-corrected chi connectivity index (χ1v) is 5.70. The Balaban J connectivity index is 2.39. The first-order chi connectivity index (χ1) is 7.74. The minimum absolute atomic E-state index is 0.207. The van der Waals surface area contributed by atoms with E-state index in [9.17, 15) is 4.79 Å². The van der Waals surface area contributed by atoms with Crippen molar-refractivity contribution in [2.45, 2.75) is 26.2 Å². The van der Waals surface area contributed by atoms with E-state index in [0.29, 0.717) is 12.5 Å². The molecule has 0 heterocycles. The average Bonchev–Trinajstić information content (AvgIpc) is 2.30. The van der Waals surface area contributed by atoms with E-state index < -0.39 is 0 Å². The van der Waals surface area contributed by atoms with Crippen LogP contribution >= 0.6 is 0 Å². The molecule has 0 amide bonds. The molecule has 84 valence electrons. The second-order valence-electron chi connectivity index (χ2n) is 4.06. The van der Waals surface area contributed by atoms with Crippen molar-refractivity contribution in [3.8, 4) is 0 Å². The SMILES string of the molecule is CCOC(=O)C1=CC[C@@H](C)c2ccccc21. The number of fused-ring (bicyclic) bond motifs is 1. The summed E-state index contributed by atoms with van der Waals surface area (Å²) in [6.45, 7) is 4.43. The predicted octanol–water partition coefficient (Wildman–Crippen LogP) is 3.14. The van der Waals surface area contributed by atoms with Crippen molar-refractivity contribution in [2.24, 2.45) is 0 Å². The number of rotatable bonds is 2. The normalized spacial score (nSPS) is 18.6. The fourth-order valence-electron chi connectivity index (χ4n) is 2.11. The van der Waals surface area contributed by atoms with Gasteiger partial charge in [0, 0.05) is 0 Å². The van der Waals surface area contributed by atoms with Gasteiger partial charge in [-0.2, -0.15) is 0 Å². The van der Waals surface area contributed by atoms with E-state index in [0.717, 1.165) is 17.6 Å². The lowest BCUT2D eigenvalue weighted by molar-refractivity contribution is -0.136. The van der Waals surface area contributed by atoms with Crippen LogP contribution in [0.25, 0.3) is 5.57 Å². The van der Waals surface area contributed by atoms with Crippen molar-refractivity contribution in [1.29, 1.82) is 0 Å². The van der Waals surface area contributed by atoms with Crippen LogP contribution in [-0.4, -0.2) is 12.6 Å². The molecule has 0 N–H and O–H groups in total. The molecule has 0 aliphatic heterocycles. The van der Waals surface area contributed by atoms with E-state index in [1.54, 1.807) is 0 Å². The molecule has 1 aliphatic carbocycles. The highest BCUT2D eigenvalue weighted by Crippen LogP contribution is 2.34. The number of benzene rings is 1. The lowest BCUT2D eigenvalue weighted by Crippen LogP contribution is -2.13. The largest absolute Gasteiger partial charge is 0.462 e. The van der Waals surface area contributed by atoms with Crippen LogP contribution in [-0.2, 0) is 9.53 Å². The van der Waals surface area contributed by atoms with Gasteiger partial charge in [-0.25, -0.2) is 4.79 Å². The van der Waals surface area contributed by atoms with Gasteiger partial charge in [0.15, 0.2) is 0 Å². The summed E-state index contributed by atoms with van der Waals surface area (Å²) in [7, 11) is 0. The Morgan fingerprint density at radius 3 is 2.94 bits per heavy atom. The quantitative estimate of drug-likeness (QED) is 0.710. The van der Waals surface area contributed by atoms with Gasteiger partial charge >= 0.3 is 5.97 Å². The number of carbonyl (C=O) groups is 1. The summed E-state index contributed by atoms with van der Waals surface area (Å²) in [4.78, 5) is 11.8. The second kappa shape index (κ2) is 4.52. The minimum Gasteiger partial charge on any atom is -0.462 e. The number of hydrogen-bond acceptors (Lipinski definition) is 2. The molecule has 2 nitrogen and oxygen atoms in total. The summed E-state index contributed by atoms with van der Waals surface area (Å²) < 4.78 is 5.07. The summed E-state index contributed by atoms with van der Waals surface area (Å²) >= 11 is 0. The molecule has 16 heavy (non-hydrogen) atoms. The van der Waals surface area contributed by atoms with E-state index in [4.69, 9.17) is 4.74 Å². The fourth-order valence-corrected chi connectivity index (χ4v) is 2.11. The Kier molecular flexibility index (Phi) is 3.09.